The van der Waals surface area contributed by atoms with Gasteiger partial charge in [-0.1, -0.05) is 30.3 Å². The molecule has 7 heteroatoms. The quantitative estimate of drug-likeness (QED) is 0.772. The second kappa shape index (κ2) is 5.82. The van der Waals surface area contributed by atoms with Crippen LogP contribution in [0.4, 0.5) is 4.79 Å². The van der Waals surface area contributed by atoms with Gasteiger partial charge in [0.05, 0.1) is 11.9 Å². The minimum absolute atomic E-state index is 0.147. The topological polar surface area (TPSA) is 63.2 Å². The zero-order valence-corrected chi connectivity index (χ0v) is 12.7. The summed E-state index contributed by atoms with van der Waals surface area (Å²) in [5, 5.41) is -0.459. The molecule has 0 saturated carbocycles. The van der Waals surface area contributed by atoms with E-state index < -0.39 is 18.7 Å². The highest BCUT2D eigenvalue weighted by atomic mass is 32.2. The first-order chi connectivity index (χ1) is 10.8. The molecule has 118 valence electrons. The molecule has 0 amide bonds. The number of fused-ring (bicyclic) bond motifs is 3. The van der Waals surface area contributed by atoms with Gasteiger partial charge in [0, 0.05) is 12.7 Å². The maximum atomic E-state index is 11.6. The summed E-state index contributed by atoms with van der Waals surface area (Å²) in [6, 6.07) is 9.72. The SMILES string of the molecule is CO[C@H]1O[C@@H]2CO[C@@H](c3ccccc3)O[C@H]2[C@H]2SC(=O)O[C@@H]12. The van der Waals surface area contributed by atoms with Crippen molar-refractivity contribution in [1.29, 1.82) is 0 Å². The van der Waals surface area contributed by atoms with Crippen molar-refractivity contribution in [3.05, 3.63) is 35.9 Å². The Balaban J connectivity index is 1.56. The molecular formula is C15H16O6S. The molecule has 4 rings (SSSR count). The minimum Gasteiger partial charge on any atom is -0.448 e. The molecule has 1 aromatic rings. The standard InChI is InChI=1S/C15H16O6S/c1-17-14-11-12(22-15(16)21-11)10-9(19-14)7-18-13(20-10)8-5-3-2-4-6-8/h2-6,9-14H,7H2,1H3/t9-,10-,11-,12-,13-,14+/m1/s1. The zero-order chi connectivity index (χ0) is 15.1. The van der Waals surface area contributed by atoms with E-state index in [4.69, 9.17) is 23.7 Å². The Morgan fingerprint density at radius 3 is 2.77 bits per heavy atom. The fraction of sp³-hybridized carbons (Fsp3) is 0.533. The summed E-state index contributed by atoms with van der Waals surface area (Å²) in [6.07, 6.45) is -2.02. The molecule has 6 atom stereocenters. The predicted molar refractivity (Wildman–Crippen MR) is 77.3 cm³/mol. The monoisotopic (exact) mass is 324 g/mol. The third kappa shape index (κ3) is 2.43. The normalized spacial score (nSPS) is 40.7. The Hall–Kier alpha value is -1.12. The Morgan fingerprint density at radius 2 is 2.00 bits per heavy atom. The lowest BCUT2D eigenvalue weighted by molar-refractivity contribution is -0.327. The number of carbonyl (C=O) groups is 1. The zero-order valence-electron chi connectivity index (χ0n) is 11.9. The van der Waals surface area contributed by atoms with Gasteiger partial charge in [-0.05, 0) is 11.8 Å². The molecule has 22 heavy (non-hydrogen) atoms. The first-order valence-electron chi connectivity index (χ1n) is 7.14. The third-order valence-electron chi connectivity index (χ3n) is 4.05. The lowest BCUT2D eigenvalue weighted by Gasteiger charge is -2.45. The summed E-state index contributed by atoms with van der Waals surface area (Å²) in [5.74, 6) is 0. The van der Waals surface area contributed by atoms with Crippen LogP contribution in [0.15, 0.2) is 30.3 Å². The van der Waals surface area contributed by atoms with E-state index in [-0.39, 0.29) is 22.8 Å². The first-order valence-corrected chi connectivity index (χ1v) is 8.02. The molecule has 6 nitrogen and oxygen atoms in total. The predicted octanol–water partition coefficient (Wildman–Crippen LogP) is 2.09. The Kier molecular flexibility index (Phi) is 3.83. The molecular weight excluding hydrogens is 308 g/mol. The number of hydrogen-bond donors (Lipinski definition) is 0. The van der Waals surface area contributed by atoms with Crippen LogP contribution in [0.25, 0.3) is 0 Å². The number of hydrogen-bond acceptors (Lipinski definition) is 7. The van der Waals surface area contributed by atoms with Gasteiger partial charge in [-0.3, -0.25) is 0 Å². The first kappa shape index (κ1) is 14.5. The third-order valence-corrected chi connectivity index (χ3v) is 5.15. The van der Waals surface area contributed by atoms with Gasteiger partial charge >= 0.3 is 5.30 Å². The highest BCUT2D eigenvalue weighted by Crippen LogP contribution is 2.44. The van der Waals surface area contributed by atoms with Crippen LogP contribution < -0.4 is 0 Å². The van der Waals surface area contributed by atoms with Gasteiger partial charge in [0.1, 0.15) is 12.2 Å². The average molecular weight is 324 g/mol. The van der Waals surface area contributed by atoms with Crippen molar-refractivity contribution in [3.63, 3.8) is 0 Å². The molecule has 0 unspecified atom stereocenters. The van der Waals surface area contributed by atoms with E-state index in [1.165, 1.54) is 7.11 Å². The number of benzene rings is 1. The fourth-order valence-corrected chi connectivity index (χ4v) is 4.11. The van der Waals surface area contributed by atoms with E-state index in [1.807, 2.05) is 30.3 Å². The van der Waals surface area contributed by atoms with Crippen LogP contribution in [0, 0.1) is 0 Å². The summed E-state index contributed by atoms with van der Waals surface area (Å²) in [4.78, 5) is 11.6. The van der Waals surface area contributed by atoms with Crippen molar-refractivity contribution in [3.8, 4) is 0 Å². The van der Waals surface area contributed by atoms with E-state index in [1.54, 1.807) is 0 Å². The molecule has 1 aromatic carbocycles. The van der Waals surface area contributed by atoms with Crippen LogP contribution in [0.2, 0.25) is 0 Å². The van der Waals surface area contributed by atoms with Crippen molar-refractivity contribution < 1.29 is 28.5 Å². The molecule has 3 saturated heterocycles. The van der Waals surface area contributed by atoms with Crippen molar-refractivity contribution in [2.45, 2.75) is 36.1 Å². The van der Waals surface area contributed by atoms with Crippen LogP contribution in [0.1, 0.15) is 11.9 Å². The lowest BCUT2D eigenvalue weighted by atomic mass is 10.0. The Morgan fingerprint density at radius 1 is 1.18 bits per heavy atom. The van der Waals surface area contributed by atoms with Crippen molar-refractivity contribution >= 4 is 17.1 Å². The number of ether oxygens (including phenoxy) is 5. The highest BCUT2D eigenvalue weighted by Gasteiger charge is 2.56. The van der Waals surface area contributed by atoms with Gasteiger partial charge in [0.2, 0.25) is 0 Å². The summed E-state index contributed by atoms with van der Waals surface area (Å²) >= 11 is 1.15. The van der Waals surface area contributed by atoms with Crippen LogP contribution in [0.5, 0.6) is 0 Å². The molecule has 3 aliphatic heterocycles. The fourth-order valence-electron chi connectivity index (χ4n) is 3.03. The van der Waals surface area contributed by atoms with Crippen LogP contribution >= 0.6 is 11.8 Å². The second-order valence-corrected chi connectivity index (χ2v) is 6.48. The van der Waals surface area contributed by atoms with Crippen molar-refractivity contribution in [2.75, 3.05) is 13.7 Å². The van der Waals surface area contributed by atoms with Gasteiger partial charge < -0.3 is 23.7 Å². The van der Waals surface area contributed by atoms with Crippen LogP contribution in [-0.4, -0.2) is 48.9 Å². The summed E-state index contributed by atoms with van der Waals surface area (Å²) in [6.45, 7) is 0.391. The molecule has 3 aliphatic rings. The molecule has 0 spiro atoms. The van der Waals surface area contributed by atoms with Crippen molar-refractivity contribution in [2.24, 2.45) is 0 Å². The van der Waals surface area contributed by atoms with E-state index in [2.05, 4.69) is 0 Å². The maximum Gasteiger partial charge on any atom is 0.368 e. The second-order valence-electron chi connectivity index (χ2n) is 5.37. The Bertz CT molecular complexity index is 552. The van der Waals surface area contributed by atoms with Crippen molar-refractivity contribution in [1.82, 2.24) is 0 Å². The van der Waals surface area contributed by atoms with Gasteiger partial charge in [-0.2, -0.15) is 0 Å². The van der Waals surface area contributed by atoms with Gasteiger partial charge in [0.15, 0.2) is 18.7 Å². The highest BCUT2D eigenvalue weighted by molar-refractivity contribution is 8.14. The summed E-state index contributed by atoms with van der Waals surface area (Å²) in [5.41, 5.74) is 0.946. The average Bonchev–Trinajstić information content (AvgIpc) is 2.96. The number of methoxy groups -OCH3 is 1. The number of rotatable bonds is 2. The maximum absolute atomic E-state index is 11.6. The molecule has 0 aliphatic carbocycles. The van der Waals surface area contributed by atoms with E-state index in [0.29, 0.717) is 6.61 Å². The van der Waals surface area contributed by atoms with E-state index in [0.717, 1.165) is 17.3 Å². The Labute approximate surface area is 132 Å². The van der Waals surface area contributed by atoms with Gasteiger partial charge in [-0.15, -0.1) is 0 Å². The number of carbonyl (C=O) groups excluding carboxylic acids is 1. The smallest absolute Gasteiger partial charge is 0.368 e. The molecule has 3 heterocycles. The van der Waals surface area contributed by atoms with Crippen LogP contribution in [-0.2, 0) is 23.7 Å². The molecule has 0 N–H and O–H groups in total. The minimum atomic E-state index is -0.578. The van der Waals surface area contributed by atoms with Gasteiger partial charge in [0.25, 0.3) is 0 Å². The molecule has 0 bridgehead atoms. The molecule has 3 fully saturated rings. The van der Waals surface area contributed by atoms with Gasteiger partial charge in [-0.25, -0.2) is 4.79 Å². The summed E-state index contributed by atoms with van der Waals surface area (Å²) in [7, 11) is 1.54. The van der Waals surface area contributed by atoms with E-state index in [9.17, 15) is 4.79 Å². The lowest BCUT2D eigenvalue weighted by Crippen LogP contribution is -2.59. The van der Waals surface area contributed by atoms with Crippen LogP contribution in [0.3, 0.4) is 0 Å². The number of thioether (sulfide) groups is 1. The molecule has 0 radical (unpaired) electrons. The molecule has 0 aromatic heterocycles. The largest absolute Gasteiger partial charge is 0.448 e. The summed E-state index contributed by atoms with van der Waals surface area (Å²) < 4.78 is 28.3. The van der Waals surface area contributed by atoms with E-state index >= 15 is 0 Å².